The molecule has 0 aliphatic rings. The number of hydrogen-bond donors (Lipinski definition) is 0. The second-order valence-corrected chi connectivity index (χ2v) is 3.44. The molecule has 0 aromatic heterocycles. The molecule has 0 amide bonds. The number of halogens is 1. The molecule has 1 aromatic carbocycles. The SMILES string of the molecule is O=[C]CCOc1ccc(I)cc1. The number of benzene rings is 1. The Bertz CT molecular complexity index is 243. The van der Waals surface area contributed by atoms with Gasteiger partial charge in [0.1, 0.15) is 5.75 Å². The van der Waals surface area contributed by atoms with E-state index in [0.717, 1.165) is 5.75 Å². The standard InChI is InChI=1S/C9H8IO2/c10-8-2-4-9(5-3-8)12-7-1-6-11/h2-5H,1,7H2. The molecule has 3 heteroatoms. The van der Waals surface area contributed by atoms with E-state index in [1.807, 2.05) is 24.3 Å². The van der Waals surface area contributed by atoms with Crippen molar-refractivity contribution in [2.45, 2.75) is 6.42 Å². The lowest BCUT2D eigenvalue weighted by atomic mass is 10.3. The summed E-state index contributed by atoms with van der Waals surface area (Å²) in [4.78, 5) is 9.84. The van der Waals surface area contributed by atoms with E-state index in [9.17, 15) is 4.79 Å². The van der Waals surface area contributed by atoms with Gasteiger partial charge in [0.15, 0.2) is 0 Å². The van der Waals surface area contributed by atoms with Crippen molar-refractivity contribution < 1.29 is 9.53 Å². The summed E-state index contributed by atoms with van der Waals surface area (Å²) in [5.74, 6) is 0.797. The van der Waals surface area contributed by atoms with Crippen LogP contribution in [-0.4, -0.2) is 12.9 Å². The third kappa shape index (κ3) is 3.21. The molecule has 1 rings (SSSR count). The summed E-state index contributed by atoms with van der Waals surface area (Å²) >= 11 is 2.22. The Morgan fingerprint density at radius 1 is 1.33 bits per heavy atom. The zero-order valence-electron chi connectivity index (χ0n) is 6.42. The molecular weight excluding hydrogens is 267 g/mol. The van der Waals surface area contributed by atoms with Crippen LogP contribution in [-0.2, 0) is 4.79 Å². The predicted molar refractivity (Wildman–Crippen MR) is 55.0 cm³/mol. The third-order valence-corrected chi connectivity index (χ3v) is 2.01. The van der Waals surface area contributed by atoms with Crippen molar-refractivity contribution in [3.63, 3.8) is 0 Å². The molecule has 0 spiro atoms. The highest BCUT2D eigenvalue weighted by Crippen LogP contribution is 2.13. The Kier molecular flexibility index (Phi) is 4.07. The van der Waals surface area contributed by atoms with Gasteiger partial charge in [-0.25, -0.2) is 0 Å². The molecule has 0 heterocycles. The number of carbonyl (C=O) groups excluding carboxylic acids is 1. The summed E-state index contributed by atoms with van der Waals surface area (Å²) in [6.45, 7) is 0.407. The summed E-state index contributed by atoms with van der Waals surface area (Å²) in [5, 5.41) is 0. The Morgan fingerprint density at radius 2 is 2.00 bits per heavy atom. The maximum absolute atomic E-state index is 9.84. The second-order valence-electron chi connectivity index (χ2n) is 2.20. The van der Waals surface area contributed by atoms with Crippen molar-refractivity contribution in [1.82, 2.24) is 0 Å². The second kappa shape index (κ2) is 5.13. The molecule has 0 aliphatic heterocycles. The van der Waals surface area contributed by atoms with Gasteiger partial charge < -0.3 is 4.74 Å². The van der Waals surface area contributed by atoms with Crippen LogP contribution in [0.2, 0.25) is 0 Å². The minimum Gasteiger partial charge on any atom is -0.493 e. The first-order valence-corrected chi connectivity index (χ1v) is 4.64. The van der Waals surface area contributed by atoms with Crippen molar-refractivity contribution in [3.8, 4) is 5.75 Å². The van der Waals surface area contributed by atoms with Gasteiger partial charge in [-0.15, -0.1) is 0 Å². The summed E-state index contributed by atoms with van der Waals surface area (Å²) in [7, 11) is 0. The minimum atomic E-state index is 0.325. The van der Waals surface area contributed by atoms with Gasteiger partial charge in [0, 0.05) is 9.99 Å². The molecule has 1 aromatic rings. The van der Waals surface area contributed by atoms with Crippen molar-refractivity contribution >= 4 is 28.9 Å². The van der Waals surface area contributed by atoms with Crippen LogP contribution < -0.4 is 4.74 Å². The van der Waals surface area contributed by atoms with Gasteiger partial charge in [-0.05, 0) is 46.9 Å². The van der Waals surface area contributed by atoms with Gasteiger partial charge in [-0.1, -0.05) is 0 Å². The van der Waals surface area contributed by atoms with Crippen molar-refractivity contribution in [3.05, 3.63) is 27.8 Å². The van der Waals surface area contributed by atoms with Crippen molar-refractivity contribution in [2.24, 2.45) is 0 Å². The minimum absolute atomic E-state index is 0.325. The Morgan fingerprint density at radius 3 is 2.58 bits per heavy atom. The molecule has 0 aliphatic carbocycles. The van der Waals surface area contributed by atoms with E-state index in [1.54, 1.807) is 6.29 Å². The summed E-state index contributed by atoms with van der Waals surface area (Å²) < 4.78 is 6.40. The molecule has 2 nitrogen and oxygen atoms in total. The van der Waals surface area contributed by atoms with Gasteiger partial charge in [-0.2, -0.15) is 0 Å². The maximum Gasteiger partial charge on any atom is 0.201 e. The number of hydrogen-bond acceptors (Lipinski definition) is 2. The van der Waals surface area contributed by atoms with Gasteiger partial charge in [0.25, 0.3) is 0 Å². The first-order valence-electron chi connectivity index (χ1n) is 3.56. The highest BCUT2D eigenvalue weighted by atomic mass is 127. The lowest BCUT2D eigenvalue weighted by Gasteiger charge is -2.02. The number of rotatable bonds is 4. The van der Waals surface area contributed by atoms with E-state index in [-0.39, 0.29) is 0 Å². The Balaban J connectivity index is 2.42. The lowest BCUT2D eigenvalue weighted by molar-refractivity contribution is 0.326. The normalized spacial score (nSPS) is 9.42. The van der Waals surface area contributed by atoms with E-state index in [2.05, 4.69) is 22.6 Å². The molecule has 0 fully saturated rings. The molecule has 0 unspecified atom stereocenters. The fourth-order valence-corrected chi connectivity index (χ4v) is 1.10. The van der Waals surface area contributed by atoms with Gasteiger partial charge in [0.05, 0.1) is 6.61 Å². The molecule has 0 saturated heterocycles. The van der Waals surface area contributed by atoms with Crippen LogP contribution in [0.25, 0.3) is 0 Å². The van der Waals surface area contributed by atoms with Gasteiger partial charge >= 0.3 is 0 Å². The van der Waals surface area contributed by atoms with Crippen LogP contribution in [0.4, 0.5) is 0 Å². The van der Waals surface area contributed by atoms with Crippen molar-refractivity contribution in [2.75, 3.05) is 6.61 Å². The van der Waals surface area contributed by atoms with Crippen LogP contribution in [0, 0.1) is 3.57 Å². The third-order valence-electron chi connectivity index (χ3n) is 1.29. The summed E-state index contributed by atoms with van der Waals surface area (Å²) in [6.07, 6.45) is 2.10. The van der Waals surface area contributed by atoms with Gasteiger partial charge in [0.2, 0.25) is 6.29 Å². The topological polar surface area (TPSA) is 26.3 Å². The lowest BCUT2D eigenvalue weighted by Crippen LogP contribution is -1.97. The zero-order chi connectivity index (χ0) is 8.81. The predicted octanol–water partition coefficient (Wildman–Crippen LogP) is 2.17. The molecule has 0 atom stereocenters. The molecule has 1 radical (unpaired) electrons. The average Bonchev–Trinajstić information content (AvgIpc) is 2.09. The van der Waals surface area contributed by atoms with Crippen LogP contribution in [0.5, 0.6) is 5.75 Å². The van der Waals surface area contributed by atoms with E-state index in [4.69, 9.17) is 4.74 Å². The molecule has 12 heavy (non-hydrogen) atoms. The molecule has 0 bridgehead atoms. The van der Waals surface area contributed by atoms with Crippen molar-refractivity contribution in [1.29, 1.82) is 0 Å². The smallest absolute Gasteiger partial charge is 0.201 e. The van der Waals surface area contributed by atoms with Crippen LogP contribution >= 0.6 is 22.6 Å². The summed E-state index contributed by atoms with van der Waals surface area (Å²) in [5.41, 5.74) is 0. The van der Waals surface area contributed by atoms with E-state index in [1.165, 1.54) is 3.57 Å². The number of ether oxygens (including phenoxy) is 1. The average molecular weight is 275 g/mol. The quantitative estimate of drug-likeness (QED) is 0.621. The fourth-order valence-electron chi connectivity index (χ4n) is 0.741. The monoisotopic (exact) mass is 275 g/mol. The molecule has 63 valence electrons. The van der Waals surface area contributed by atoms with E-state index in [0.29, 0.717) is 13.0 Å². The van der Waals surface area contributed by atoms with Crippen LogP contribution in [0.1, 0.15) is 6.42 Å². The summed E-state index contributed by atoms with van der Waals surface area (Å²) in [6, 6.07) is 7.68. The maximum atomic E-state index is 9.84. The molecule has 0 saturated carbocycles. The highest BCUT2D eigenvalue weighted by Gasteiger charge is 1.92. The zero-order valence-corrected chi connectivity index (χ0v) is 8.58. The van der Waals surface area contributed by atoms with Crippen LogP contribution in [0.15, 0.2) is 24.3 Å². The Labute approximate surface area is 85.1 Å². The van der Waals surface area contributed by atoms with E-state index < -0.39 is 0 Å². The fraction of sp³-hybridized carbons (Fsp3) is 0.222. The molecular formula is C9H8IO2. The largest absolute Gasteiger partial charge is 0.493 e. The highest BCUT2D eigenvalue weighted by molar-refractivity contribution is 14.1. The van der Waals surface area contributed by atoms with E-state index >= 15 is 0 Å². The first kappa shape index (κ1) is 9.51. The molecule has 0 N–H and O–H groups in total. The Hall–Kier alpha value is -0.580. The first-order chi connectivity index (χ1) is 5.83. The van der Waals surface area contributed by atoms with Crippen LogP contribution in [0.3, 0.4) is 0 Å². The van der Waals surface area contributed by atoms with Gasteiger partial charge in [-0.3, -0.25) is 4.79 Å².